The highest BCUT2D eigenvalue weighted by molar-refractivity contribution is 6.69. The SMILES string of the molecule is C[Si](C)(C)O[C@H](c1ccc2cc[nH]c2c1)C(F)(F)F. The number of aromatic amines is 1. The molecule has 0 aliphatic carbocycles. The zero-order valence-electron chi connectivity index (χ0n) is 11.0. The maximum absolute atomic E-state index is 13.1. The van der Waals surface area contributed by atoms with Gasteiger partial charge in [-0.25, -0.2) is 0 Å². The van der Waals surface area contributed by atoms with Crippen LogP contribution in [0.2, 0.25) is 19.6 Å². The molecule has 2 aromatic rings. The molecular weight excluding hydrogens is 271 g/mol. The molecule has 0 saturated carbocycles. The van der Waals surface area contributed by atoms with Crippen molar-refractivity contribution < 1.29 is 17.6 Å². The Kier molecular flexibility index (Phi) is 3.48. The van der Waals surface area contributed by atoms with Crippen LogP contribution in [0.3, 0.4) is 0 Å². The Morgan fingerprint density at radius 2 is 1.84 bits per heavy atom. The highest BCUT2D eigenvalue weighted by Crippen LogP contribution is 2.38. The van der Waals surface area contributed by atoms with Gasteiger partial charge in [0.2, 0.25) is 0 Å². The van der Waals surface area contributed by atoms with E-state index < -0.39 is 20.6 Å². The Balaban J connectivity index is 2.42. The number of hydrogen-bond acceptors (Lipinski definition) is 1. The van der Waals surface area contributed by atoms with Crippen LogP contribution in [-0.4, -0.2) is 19.5 Å². The predicted molar refractivity (Wildman–Crippen MR) is 71.5 cm³/mol. The first kappa shape index (κ1) is 14.1. The smallest absolute Gasteiger partial charge is 0.403 e. The van der Waals surface area contributed by atoms with E-state index in [0.29, 0.717) is 5.52 Å². The average molecular weight is 287 g/mol. The van der Waals surface area contributed by atoms with Crippen LogP contribution in [-0.2, 0) is 4.43 Å². The van der Waals surface area contributed by atoms with Gasteiger partial charge in [-0.15, -0.1) is 0 Å². The molecule has 1 atom stereocenters. The molecule has 0 aliphatic rings. The Labute approximate surface area is 110 Å². The van der Waals surface area contributed by atoms with Crippen LogP contribution in [0.15, 0.2) is 30.5 Å². The van der Waals surface area contributed by atoms with Crippen molar-refractivity contribution in [1.29, 1.82) is 0 Å². The van der Waals surface area contributed by atoms with Gasteiger partial charge < -0.3 is 9.41 Å². The molecule has 1 N–H and O–H groups in total. The monoisotopic (exact) mass is 287 g/mol. The van der Waals surface area contributed by atoms with Gasteiger partial charge in [-0.05, 0) is 42.7 Å². The largest absolute Gasteiger partial charge is 0.417 e. The standard InChI is InChI=1S/C13H16F3NOSi/c1-19(2,3)18-12(13(14,15)16)10-5-4-9-6-7-17-11(9)8-10/h4-8,12,17H,1-3H3/t12-/m1/s1. The lowest BCUT2D eigenvalue weighted by Crippen LogP contribution is -2.34. The van der Waals surface area contributed by atoms with E-state index in [4.69, 9.17) is 4.43 Å². The van der Waals surface area contributed by atoms with Gasteiger partial charge in [0, 0.05) is 11.7 Å². The van der Waals surface area contributed by atoms with E-state index in [9.17, 15) is 13.2 Å². The number of benzene rings is 1. The van der Waals surface area contributed by atoms with Gasteiger partial charge in [-0.1, -0.05) is 12.1 Å². The van der Waals surface area contributed by atoms with Crippen LogP contribution in [0.5, 0.6) is 0 Å². The molecule has 0 amide bonds. The molecule has 104 valence electrons. The third kappa shape index (κ3) is 3.39. The summed E-state index contributed by atoms with van der Waals surface area (Å²) < 4.78 is 44.8. The van der Waals surface area contributed by atoms with Crippen LogP contribution in [0.4, 0.5) is 13.2 Å². The van der Waals surface area contributed by atoms with E-state index in [0.717, 1.165) is 5.39 Å². The second kappa shape index (κ2) is 4.68. The molecule has 0 unspecified atom stereocenters. The molecule has 2 rings (SSSR count). The third-order valence-corrected chi connectivity index (χ3v) is 3.59. The average Bonchev–Trinajstić information content (AvgIpc) is 2.69. The summed E-state index contributed by atoms with van der Waals surface area (Å²) in [6, 6.07) is 6.48. The van der Waals surface area contributed by atoms with Crippen molar-refractivity contribution in [1.82, 2.24) is 4.98 Å². The van der Waals surface area contributed by atoms with Crippen LogP contribution in [0.1, 0.15) is 11.7 Å². The number of H-pyrrole nitrogens is 1. The van der Waals surface area contributed by atoms with E-state index in [1.54, 1.807) is 31.9 Å². The lowest BCUT2D eigenvalue weighted by molar-refractivity contribution is -0.200. The van der Waals surface area contributed by atoms with Gasteiger partial charge in [0.25, 0.3) is 0 Å². The van der Waals surface area contributed by atoms with Crippen LogP contribution < -0.4 is 0 Å². The Bertz CT molecular complexity index is 571. The minimum absolute atomic E-state index is 0.143. The summed E-state index contributed by atoms with van der Waals surface area (Å²) in [5.74, 6) is 0. The van der Waals surface area contributed by atoms with Crippen molar-refractivity contribution in [2.75, 3.05) is 0 Å². The molecular formula is C13H16F3NOSi. The molecule has 0 fully saturated rings. The van der Waals surface area contributed by atoms with Crippen molar-refractivity contribution >= 4 is 19.2 Å². The third-order valence-electron chi connectivity index (χ3n) is 2.65. The summed E-state index contributed by atoms with van der Waals surface area (Å²) in [5, 5.41) is 0.887. The minimum Gasteiger partial charge on any atom is -0.403 e. The molecule has 6 heteroatoms. The van der Waals surface area contributed by atoms with Crippen LogP contribution in [0, 0.1) is 0 Å². The molecule has 1 aromatic heterocycles. The van der Waals surface area contributed by atoms with Crippen molar-refractivity contribution in [3.05, 3.63) is 36.0 Å². The first-order valence-corrected chi connectivity index (χ1v) is 9.39. The quantitative estimate of drug-likeness (QED) is 0.818. The first-order chi connectivity index (χ1) is 8.67. The summed E-state index contributed by atoms with van der Waals surface area (Å²) in [7, 11) is -2.29. The normalized spacial score (nSPS) is 14.8. The van der Waals surface area contributed by atoms with Crippen molar-refractivity contribution in [2.24, 2.45) is 0 Å². The highest BCUT2D eigenvalue weighted by atomic mass is 28.4. The fourth-order valence-corrected chi connectivity index (χ4v) is 2.88. The van der Waals surface area contributed by atoms with E-state index >= 15 is 0 Å². The number of halogens is 3. The van der Waals surface area contributed by atoms with Gasteiger partial charge in [-0.3, -0.25) is 0 Å². The molecule has 0 radical (unpaired) electrons. The van der Waals surface area contributed by atoms with Crippen molar-refractivity contribution in [3.63, 3.8) is 0 Å². The van der Waals surface area contributed by atoms with Gasteiger partial charge in [0.1, 0.15) is 0 Å². The lowest BCUT2D eigenvalue weighted by atomic mass is 10.1. The van der Waals surface area contributed by atoms with E-state index in [1.165, 1.54) is 12.1 Å². The van der Waals surface area contributed by atoms with Crippen LogP contribution in [0.25, 0.3) is 10.9 Å². The number of hydrogen-bond donors (Lipinski definition) is 1. The second-order valence-electron chi connectivity index (χ2n) is 5.48. The molecule has 0 aliphatic heterocycles. The fraction of sp³-hybridized carbons (Fsp3) is 0.385. The van der Waals surface area contributed by atoms with E-state index in [-0.39, 0.29) is 5.56 Å². The van der Waals surface area contributed by atoms with Gasteiger partial charge in [0.15, 0.2) is 14.4 Å². The molecule has 0 bridgehead atoms. The van der Waals surface area contributed by atoms with E-state index in [1.807, 2.05) is 6.07 Å². The number of fused-ring (bicyclic) bond motifs is 1. The molecule has 1 heterocycles. The number of alkyl halides is 3. The molecule has 1 aromatic carbocycles. The Hall–Kier alpha value is -1.27. The molecule has 19 heavy (non-hydrogen) atoms. The van der Waals surface area contributed by atoms with Crippen LogP contribution >= 0.6 is 0 Å². The maximum Gasteiger partial charge on any atom is 0.417 e. The zero-order chi connectivity index (χ0) is 14.3. The number of aromatic nitrogens is 1. The lowest BCUT2D eigenvalue weighted by Gasteiger charge is -2.28. The Morgan fingerprint density at radius 1 is 1.16 bits per heavy atom. The summed E-state index contributed by atoms with van der Waals surface area (Å²) in [5.41, 5.74) is 0.829. The second-order valence-corrected chi connectivity index (χ2v) is 9.94. The molecule has 0 saturated heterocycles. The summed E-state index contributed by atoms with van der Waals surface area (Å²) in [4.78, 5) is 2.92. The topological polar surface area (TPSA) is 25.0 Å². The van der Waals surface area contributed by atoms with Crippen molar-refractivity contribution in [2.45, 2.75) is 31.9 Å². The van der Waals surface area contributed by atoms with Gasteiger partial charge >= 0.3 is 6.18 Å². The highest BCUT2D eigenvalue weighted by Gasteiger charge is 2.44. The Morgan fingerprint density at radius 3 is 2.42 bits per heavy atom. The predicted octanol–water partition coefficient (Wildman–Crippen LogP) is 4.62. The first-order valence-electron chi connectivity index (χ1n) is 5.98. The summed E-state index contributed by atoms with van der Waals surface area (Å²) in [6.45, 7) is 5.25. The fourth-order valence-electron chi connectivity index (χ4n) is 1.91. The summed E-state index contributed by atoms with van der Waals surface area (Å²) in [6.07, 6.45) is -4.55. The van der Waals surface area contributed by atoms with Gasteiger partial charge in [0.05, 0.1) is 0 Å². The molecule has 2 nitrogen and oxygen atoms in total. The zero-order valence-corrected chi connectivity index (χ0v) is 12.0. The number of nitrogens with one attached hydrogen (secondary N) is 1. The molecule has 0 spiro atoms. The van der Waals surface area contributed by atoms with E-state index in [2.05, 4.69) is 4.98 Å². The van der Waals surface area contributed by atoms with Gasteiger partial charge in [-0.2, -0.15) is 13.2 Å². The maximum atomic E-state index is 13.1. The number of rotatable bonds is 3. The minimum atomic E-state index is -4.40. The summed E-state index contributed by atoms with van der Waals surface area (Å²) >= 11 is 0. The van der Waals surface area contributed by atoms with Crippen molar-refractivity contribution in [3.8, 4) is 0 Å².